The average Bonchev–Trinajstić information content (AvgIpc) is 2.77. The zero-order valence-corrected chi connectivity index (χ0v) is 11.7. The SMILES string of the molecule is CCOC1(c2noc(CCCO)n2)CCCCCC1. The van der Waals surface area contributed by atoms with Gasteiger partial charge < -0.3 is 14.4 Å². The fourth-order valence-corrected chi connectivity index (χ4v) is 2.78. The second-order valence-electron chi connectivity index (χ2n) is 5.18. The third-order valence-electron chi connectivity index (χ3n) is 3.76. The van der Waals surface area contributed by atoms with Crippen LogP contribution in [-0.2, 0) is 16.8 Å². The molecular formula is C14H24N2O3. The third-order valence-corrected chi connectivity index (χ3v) is 3.76. The second-order valence-corrected chi connectivity index (χ2v) is 5.18. The van der Waals surface area contributed by atoms with Gasteiger partial charge in [-0.1, -0.05) is 30.8 Å². The van der Waals surface area contributed by atoms with E-state index >= 15 is 0 Å². The Bertz CT molecular complexity index is 371. The van der Waals surface area contributed by atoms with Crippen LogP contribution < -0.4 is 0 Å². The summed E-state index contributed by atoms with van der Waals surface area (Å²) < 4.78 is 11.3. The van der Waals surface area contributed by atoms with E-state index in [0.717, 1.165) is 25.7 Å². The zero-order chi connectivity index (χ0) is 13.6. The molecule has 1 aromatic heterocycles. The largest absolute Gasteiger partial charge is 0.396 e. The maximum Gasteiger partial charge on any atom is 0.226 e. The number of rotatable bonds is 6. The van der Waals surface area contributed by atoms with E-state index in [-0.39, 0.29) is 12.2 Å². The summed E-state index contributed by atoms with van der Waals surface area (Å²) in [4.78, 5) is 4.49. The Morgan fingerprint density at radius 2 is 2.00 bits per heavy atom. The summed E-state index contributed by atoms with van der Waals surface area (Å²) >= 11 is 0. The van der Waals surface area contributed by atoms with E-state index in [0.29, 0.717) is 31.2 Å². The zero-order valence-electron chi connectivity index (χ0n) is 11.7. The first kappa shape index (κ1) is 14.5. The molecular weight excluding hydrogens is 244 g/mol. The molecule has 0 aromatic carbocycles. The highest BCUT2D eigenvalue weighted by Gasteiger charge is 2.38. The third kappa shape index (κ3) is 3.54. The van der Waals surface area contributed by atoms with Gasteiger partial charge in [0.25, 0.3) is 0 Å². The Balaban J connectivity index is 2.14. The second kappa shape index (κ2) is 7.01. The standard InChI is InChI=1S/C14H24N2O3/c1-2-18-14(9-5-3-4-6-10-14)13-15-12(19-16-13)8-7-11-17/h17H,2-11H2,1H3. The van der Waals surface area contributed by atoms with Crippen molar-refractivity contribution in [2.24, 2.45) is 0 Å². The number of aromatic nitrogens is 2. The minimum atomic E-state index is -0.355. The number of hydrogen-bond donors (Lipinski definition) is 1. The molecule has 0 radical (unpaired) electrons. The number of hydrogen-bond acceptors (Lipinski definition) is 5. The first-order chi connectivity index (χ1) is 9.30. The van der Waals surface area contributed by atoms with E-state index in [4.69, 9.17) is 14.4 Å². The molecule has 0 amide bonds. The molecule has 5 heteroatoms. The van der Waals surface area contributed by atoms with Crippen LogP contribution in [0.3, 0.4) is 0 Å². The van der Waals surface area contributed by atoms with Gasteiger partial charge in [-0.05, 0) is 26.2 Å². The highest BCUT2D eigenvalue weighted by molar-refractivity contribution is 5.03. The highest BCUT2D eigenvalue weighted by Crippen LogP contribution is 2.38. The van der Waals surface area contributed by atoms with Crippen molar-refractivity contribution in [3.8, 4) is 0 Å². The van der Waals surface area contributed by atoms with Crippen molar-refractivity contribution in [3.05, 3.63) is 11.7 Å². The summed E-state index contributed by atoms with van der Waals surface area (Å²) in [6.07, 6.45) is 8.05. The predicted octanol–water partition coefficient (Wildman–Crippen LogP) is 2.58. The van der Waals surface area contributed by atoms with Crippen LogP contribution in [-0.4, -0.2) is 28.5 Å². The van der Waals surface area contributed by atoms with Gasteiger partial charge in [-0.3, -0.25) is 0 Å². The molecule has 0 bridgehead atoms. The minimum Gasteiger partial charge on any atom is -0.396 e. The van der Waals surface area contributed by atoms with Gasteiger partial charge in [-0.2, -0.15) is 4.98 Å². The lowest BCUT2D eigenvalue weighted by molar-refractivity contribution is -0.0636. The van der Waals surface area contributed by atoms with Gasteiger partial charge in [0, 0.05) is 19.6 Å². The van der Waals surface area contributed by atoms with Crippen molar-refractivity contribution < 1.29 is 14.4 Å². The fraction of sp³-hybridized carbons (Fsp3) is 0.857. The topological polar surface area (TPSA) is 68.4 Å². The van der Waals surface area contributed by atoms with Gasteiger partial charge in [0.15, 0.2) is 0 Å². The molecule has 0 unspecified atom stereocenters. The molecule has 5 nitrogen and oxygen atoms in total. The van der Waals surface area contributed by atoms with E-state index in [1.54, 1.807) is 0 Å². The molecule has 1 fully saturated rings. The van der Waals surface area contributed by atoms with Crippen molar-refractivity contribution in [3.63, 3.8) is 0 Å². The van der Waals surface area contributed by atoms with Crippen molar-refractivity contribution in [2.45, 2.75) is 63.9 Å². The minimum absolute atomic E-state index is 0.147. The van der Waals surface area contributed by atoms with E-state index in [9.17, 15) is 0 Å². The number of nitrogens with zero attached hydrogens (tertiary/aromatic N) is 2. The van der Waals surface area contributed by atoms with Gasteiger partial charge in [0.2, 0.25) is 11.7 Å². The van der Waals surface area contributed by atoms with Crippen LogP contribution in [0, 0.1) is 0 Å². The van der Waals surface area contributed by atoms with E-state index < -0.39 is 0 Å². The molecule has 1 aliphatic carbocycles. The molecule has 1 heterocycles. The summed E-state index contributed by atoms with van der Waals surface area (Å²) in [6, 6.07) is 0. The van der Waals surface area contributed by atoms with E-state index in [1.165, 1.54) is 12.8 Å². The lowest BCUT2D eigenvalue weighted by Crippen LogP contribution is -2.30. The summed E-state index contributed by atoms with van der Waals surface area (Å²) in [6.45, 7) is 2.83. The number of ether oxygens (including phenoxy) is 1. The number of aliphatic hydroxyl groups excluding tert-OH is 1. The first-order valence-electron chi connectivity index (χ1n) is 7.38. The summed E-state index contributed by atoms with van der Waals surface area (Å²) in [5.41, 5.74) is -0.355. The van der Waals surface area contributed by atoms with Gasteiger partial charge in [-0.25, -0.2) is 0 Å². The van der Waals surface area contributed by atoms with E-state index in [1.807, 2.05) is 6.92 Å². The van der Waals surface area contributed by atoms with E-state index in [2.05, 4.69) is 10.1 Å². The summed E-state index contributed by atoms with van der Waals surface area (Å²) in [5, 5.41) is 13.0. The lowest BCUT2D eigenvalue weighted by atomic mass is 9.93. The smallest absolute Gasteiger partial charge is 0.226 e. The van der Waals surface area contributed by atoms with Crippen molar-refractivity contribution in [2.75, 3.05) is 13.2 Å². The first-order valence-corrected chi connectivity index (χ1v) is 7.38. The molecule has 108 valence electrons. The van der Waals surface area contributed by atoms with Crippen LogP contribution in [0.4, 0.5) is 0 Å². The van der Waals surface area contributed by atoms with Crippen molar-refractivity contribution in [1.82, 2.24) is 10.1 Å². The fourth-order valence-electron chi connectivity index (χ4n) is 2.78. The van der Waals surface area contributed by atoms with Gasteiger partial charge in [0.1, 0.15) is 5.60 Å². The Morgan fingerprint density at radius 1 is 1.26 bits per heavy atom. The van der Waals surface area contributed by atoms with Crippen molar-refractivity contribution in [1.29, 1.82) is 0 Å². The molecule has 1 N–H and O–H groups in total. The molecule has 2 rings (SSSR count). The van der Waals surface area contributed by atoms with Crippen LogP contribution >= 0.6 is 0 Å². The van der Waals surface area contributed by atoms with Crippen LogP contribution in [0.25, 0.3) is 0 Å². The molecule has 0 spiro atoms. The normalized spacial score (nSPS) is 19.3. The summed E-state index contributed by atoms with van der Waals surface area (Å²) in [5.74, 6) is 1.30. The quantitative estimate of drug-likeness (QED) is 0.803. The Labute approximate surface area is 114 Å². The maximum absolute atomic E-state index is 8.84. The average molecular weight is 268 g/mol. The molecule has 0 atom stereocenters. The molecule has 0 saturated heterocycles. The van der Waals surface area contributed by atoms with Crippen LogP contribution in [0.1, 0.15) is 63.6 Å². The maximum atomic E-state index is 8.84. The molecule has 1 aliphatic rings. The number of aryl methyl sites for hydroxylation is 1. The Hall–Kier alpha value is -0.940. The van der Waals surface area contributed by atoms with Crippen LogP contribution in [0.15, 0.2) is 4.52 Å². The van der Waals surface area contributed by atoms with Gasteiger partial charge in [-0.15, -0.1) is 0 Å². The molecule has 19 heavy (non-hydrogen) atoms. The highest BCUT2D eigenvalue weighted by atomic mass is 16.5. The molecule has 1 aromatic rings. The molecule has 1 saturated carbocycles. The molecule has 0 aliphatic heterocycles. The van der Waals surface area contributed by atoms with Gasteiger partial charge >= 0.3 is 0 Å². The van der Waals surface area contributed by atoms with Crippen molar-refractivity contribution >= 4 is 0 Å². The number of aliphatic hydroxyl groups is 1. The van der Waals surface area contributed by atoms with Crippen LogP contribution in [0.2, 0.25) is 0 Å². The van der Waals surface area contributed by atoms with Gasteiger partial charge in [0.05, 0.1) is 0 Å². The lowest BCUT2D eigenvalue weighted by Gasteiger charge is -2.29. The Kier molecular flexibility index (Phi) is 5.34. The monoisotopic (exact) mass is 268 g/mol. The van der Waals surface area contributed by atoms with Crippen LogP contribution in [0.5, 0.6) is 0 Å². The summed E-state index contributed by atoms with van der Waals surface area (Å²) in [7, 11) is 0. The predicted molar refractivity (Wildman–Crippen MR) is 70.7 cm³/mol. The Morgan fingerprint density at radius 3 is 2.63 bits per heavy atom.